The molecule has 0 aromatic heterocycles. The monoisotopic (exact) mass is 349 g/mol. The van der Waals surface area contributed by atoms with E-state index < -0.39 is 0 Å². The van der Waals surface area contributed by atoms with Gasteiger partial charge in [0.15, 0.2) is 0 Å². The van der Waals surface area contributed by atoms with Crippen molar-refractivity contribution >= 4 is 21.8 Å². The molecule has 0 saturated heterocycles. The molecule has 0 aliphatic rings. The Bertz CT molecular complexity index is 615. The fourth-order valence-electron chi connectivity index (χ4n) is 2.07. The molecule has 1 amide bonds. The van der Waals surface area contributed by atoms with E-state index in [0.717, 1.165) is 5.56 Å². The van der Waals surface area contributed by atoms with Gasteiger partial charge in [0, 0.05) is 24.0 Å². The summed E-state index contributed by atoms with van der Waals surface area (Å²) in [6.07, 6.45) is 0. The van der Waals surface area contributed by atoms with Crippen LogP contribution in [-0.4, -0.2) is 22.7 Å². The second kappa shape index (κ2) is 7.36. The minimum Gasteiger partial charge on any atom is -0.333 e. The Morgan fingerprint density at radius 1 is 1.19 bits per heavy atom. The molecule has 2 aromatic rings. The lowest BCUT2D eigenvalue weighted by atomic mass is 10.1. The first kappa shape index (κ1) is 15.7. The SMILES string of the molecule is Cc1ccc(C(=O)N(CCBr)Cc2ccccc2)cc1F. The number of carbonyl (C=O) groups is 1. The molecule has 4 heteroatoms. The molecular weight excluding hydrogens is 333 g/mol. The van der Waals surface area contributed by atoms with Gasteiger partial charge in [-0.1, -0.05) is 52.3 Å². The molecule has 0 N–H and O–H groups in total. The third-order valence-corrected chi connectivity index (χ3v) is 3.63. The van der Waals surface area contributed by atoms with Gasteiger partial charge < -0.3 is 4.90 Å². The van der Waals surface area contributed by atoms with Crippen LogP contribution >= 0.6 is 15.9 Å². The van der Waals surface area contributed by atoms with Gasteiger partial charge in [-0.25, -0.2) is 4.39 Å². The topological polar surface area (TPSA) is 20.3 Å². The van der Waals surface area contributed by atoms with E-state index in [0.29, 0.717) is 29.5 Å². The van der Waals surface area contributed by atoms with E-state index in [1.165, 1.54) is 6.07 Å². The molecule has 0 spiro atoms. The molecule has 0 aliphatic carbocycles. The van der Waals surface area contributed by atoms with Gasteiger partial charge in [0.2, 0.25) is 0 Å². The number of nitrogens with zero attached hydrogens (tertiary/aromatic N) is 1. The van der Waals surface area contributed by atoms with Gasteiger partial charge >= 0.3 is 0 Å². The molecule has 2 rings (SSSR count). The van der Waals surface area contributed by atoms with E-state index in [2.05, 4.69) is 15.9 Å². The summed E-state index contributed by atoms with van der Waals surface area (Å²) < 4.78 is 13.6. The zero-order valence-electron chi connectivity index (χ0n) is 11.9. The van der Waals surface area contributed by atoms with Crippen LogP contribution in [0.2, 0.25) is 0 Å². The Labute approximate surface area is 132 Å². The highest BCUT2D eigenvalue weighted by atomic mass is 79.9. The Morgan fingerprint density at radius 3 is 2.52 bits per heavy atom. The number of aryl methyl sites for hydroxylation is 1. The number of amides is 1. The summed E-state index contributed by atoms with van der Waals surface area (Å²) in [7, 11) is 0. The van der Waals surface area contributed by atoms with Crippen molar-refractivity contribution in [3.63, 3.8) is 0 Å². The number of alkyl halides is 1. The maximum atomic E-state index is 13.6. The lowest BCUT2D eigenvalue weighted by Crippen LogP contribution is -2.32. The highest BCUT2D eigenvalue weighted by Gasteiger charge is 2.16. The van der Waals surface area contributed by atoms with Crippen LogP contribution in [0, 0.1) is 12.7 Å². The zero-order valence-corrected chi connectivity index (χ0v) is 13.4. The van der Waals surface area contributed by atoms with Crippen molar-refractivity contribution in [3.8, 4) is 0 Å². The highest BCUT2D eigenvalue weighted by Crippen LogP contribution is 2.14. The predicted octanol–water partition coefficient (Wildman–Crippen LogP) is 4.17. The average Bonchev–Trinajstić information content (AvgIpc) is 2.50. The maximum absolute atomic E-state index is 13.6. The van der Waals surface area contributed by atoms with Gasteiger partial charge in [0.1, 0.15) is 5.82 Å². The Kier molecular flexibility index (Phi) is 5.51. The van der Waals surface area contributed by atoms with Crippen LogP contribution in [0.25, 0.3) is 0 Å². The molecule has 0 radical (unpaired) electrons. The van der Waals surface area contributed by atoms with Gasteiger partial charge in [-0.15, -0.1) is 0 Å². The second-order valence-electron chi connectivity index (χ2n) is 4.87. The van der Waals surface area contributed by atoms with E-state index in [4.69, 9.17) is 0 Å². The standard InChI is InChI=1S/C17H17BrFNO/c1-13-7-8-15(11-16(13)19)17(21)20(10-9-18)12-14-5-3-2-4-6-14/h2-8,11H,9-10,12H2,1H3. The molecule has 0 fully saturated rings. The number of hydrogen-bond donors (Lipinski definition) is 0. The molecule has 0 heterocycles. The van der Waals surface area contributed by atoms with Gasteiger partial charge in [-0.2, -0.15) is 0 Å². The summed E-state index contributed by atoms with van der Waals surface area (Å²) in [4.78, 5) is 14.3. The lowest BCUT2D eigenvalue weighted by molar-refractivity contribution is 0.0754. The molecule has 110 valence electrons. The van der Waals surface area contributed by atoms with Crippen molar-refractivity contribution < 1.29 is 9.18 Å². The largest absolute Gasteiger partial charge is 0.333 e. The Balaban J connectivity index is 2.20. The van der Waals surface area contributed by atoms with Crippen molar-refractivity contribution in [3.05, 3.63) is 71.0 Å². The third kappa shape index (κ3) is 4.14. The molecule has 0 aliphatic heterocycles. The smallest absolute Gasteiger partial charge is 0.254 e. The number of halogens is 2. The minimum atomic E-state index is -0.348. The first-order valence-corrected chi connectivity index (χ1v) is 7.89. The third-order valence-electron chi connectivity index (χ3n) is 3.28. The first-order valence-electron chi connectivity index (χ1n) is 6.77. The van der Waals surface area contributed by atoms with Crippen LogP contribution in [0.3, 0.4) is 0 Å². The van der Waals surface area contributed by atoms with Crippen LogP contribution in [0.1, 0.15) is 21.5 Å². The van der Waals surface area contributed by atoms with Crippen molar-refractivity contribution in [1.82, 2.24) is 4.90 Å². The quantitative estimate of drug-likeness (QED) is 0.741. The van der Waals surface area contributed by atoms with Gasteiger partial charge in [0.05, 0.1) is 0 Å². The number of benzene rings is 2. The van der Waals surface area contributed by atoms with Gasteiger partial charge in [0.25, 0.3) is 5.91 Å². The normalized spacial score (nSPS) is 10.4. The van der Waals surface area contributed by atoms with Crippen molar-refractivity contribution in [1.29, 1.82) is 0 Å². The molecule has 0 unspecified atom stereocenters. The van der Waals surface area contributed by atoms with Crippen LogP contribution in [0.5, 0.6) is 0 Å². The number of rotatable bonds is 5. The molecule has 0 atom stereocenters. The van der Waals surface area contributed by atoms with E-state index in [1.54, 1.807) is 24.0 Å². The molecular formula is C17H17BrFNO. The fourth-order valence-corrected chi connectivity index (χ4v) is 2.49. The molecule has 21 heavy (non-hydrogen) atoms. The van der Waals surface area contributed by atoms with Crippen molar-refractivity contribution in [2.75, 3.05) is 11.9 Å². The van der Waals surface area contributed by atoms with E-state index in [-0.39, 0.29) is 11.7 Å². The van der Waals surface area contributed by atoms with Gasteiger partial charge in [-0.05, 0) is 30.2 Å². The van der Waals surface area contributed by atoms with Crippen LogP contribution in [0.4, 0.5) is 4.39 Å². The Hall–Kier alpha value is -1.68. The van der Waals surface area contributed by atoms with Crippen LogP contribution < -0.4 is 0 Å². The molecule has 2 aromatic carbocycles. The number of hydrogen-bond acceptors (Lipinski definition) is 1. The summed E-state index contributed by atoms with van der Waals surface area (Å²) in [5.74, 6) is -0.503. The summed E-state index contributed by atoms with van der Waals surface area (Å²) >= 11 is 3.36. The van der Waals surface area contributed by atoms with Gasteiger partial charge in [-0.3, -0.25) is 4.79 Å². The highest BCUT2D eigenvalue weighted by molar-refractivity contribution is 9.09. The summed E-state index contributed by atoms with van der Waals surface area (Å²) in [6.45, 7) is 2.77. The molecule has 0 saturated carbocycles. The summed E-state index contributed by atoms with van der Waals surface area (Å²) in [5.41, 5.74) is 1.98. The molecule has 0 bridgehead atoms. The van der Waals surface area contributed by atoms with Crippen LogP contribution in [-0.2, 0) is 6.54 Å². The van der Waals surface area contributed by atoms with Crippen LogP contribution in [0.15, 0.2) is 48.5 Å². The Morgan fingerprint density at radius 2 is 1.90 bits per heavy atom. The van der Waals surface area contributed by atoms with Crippen molar-refractivity contribution in [2.24, 2.45) is 0 Å². The zero-order chi connectivity index (χ0) is 15.2. The second-order valence-corrected chi connectivity index (χ2v) is 5.66. The first-order chi connectivity index (χ1) is 10.1. The van der Waals surface area contributed by atoms with Crippen molar-refractivity contribution in [2.45, 2.75) is 13.5 Å². The fraction of sp³-hybridized carbons (Fsp3) is 0.235. The maximum Gasteiger partial charge on any atom is 0.254 e. The number of carbonyl (C=O) groups excluding carboxylic acids is 1. The molecule has 2 nitrogen and oxygen atoms in total. The minimum absolute atomic E-state index is 0.155. The average molecular weight is 350 g/mol. The summed E-state index contributed by atoms with van der Waals surface area (Å²) in [5, 5.41) is 0.680. The predicted molar refractivity (Wildman–Crippen MR) is 86.1 cm³/mol. The summed E-state index contributed by atoms with van der Waals surface area (Å²) in [6, 6.07) is 14.4. The lowest BCUT2D eigenvalue weighted by Gasteiger charge is -2.22. The van der Waals surface area contributed by atoms with E-state index in [9.17, 15) is 9.18 Å². The van der Waals surface area contributed by atoms with E-state index in [1.807, 2.05) is 30.3 Å². The van der Waals surface area contributed by atoms with E-state index >= 15 is 0 Å².